The third kappa shape index (κ3) is 4.40. The predicted molar refractivity (Wildman–Crippen MR) is 114 cm³/mol. The first-order chi connectivity index (χ1) is 14.3. The number of ether oxygens (including phenoxy) is 1. The Hall–Kier alpha value is -2.93. The lowest BCUT2D eigenvalue weighted by molar-refractivity contribution is 0.327. The van der Waals surface area contributed by atoms with Crippen LogP contribution in [0.4, 0.5) is 5.69 Å². The van der Waals surface area contributed by atoms with Crippen LogP contribution in [0.1, 0.15) is 19.3 Å². The highest BCUT2D eigenvalue weighted by Gasteiger charge is 2.21. The van der Waals surface area contributed by atoms with Crippen molar-refractivity contribution in [1.29, 1.82) is 0 Å². The molecule has 1 aliphatic heterocycles. The molecule has 29 heavy (non-hydrogen) atoms. The summed E-state index contributed by atoms with van der Waals surface area (Å²) in [6, 6.07) is 15.5. The highest BCUT2D eigenvalue weighted by Crippen LogP contribution is 2.29. The van der Waals surface area contributed by atoms with Crippen molar-refractivity contribution in [3.8, 4) is 5.75 Å². The summed E-state index contributed by atoms with van der Waals surface area (Å²) < 4.78 is 6.97. The summed E-state index contributed by atoms with van der Waals surface area (Å²) in [5, 5.41) is 8.85. The summed E-state index contributed by atoms with van der Waals surface area (Å²) in [7, 11) is 1.72. The van der Waals surface area contributed by atoms with Crippen LogP contribution in [0.15, 0.2) is 53.3 Å². The van der Waals surface area contributed by atoms with Crippen LogP contribution in [0.3, 0.4) is 0 Å². The topological polar surface area (TPSA) is 63.5 Å². The second kappa shape index (κ2) is 9.05. The van der Waals surface area contributed by atoms with Crippen LogP contribution in [0.2, 0.25) is 0 Å². The highest BCUT2D eigenvalue weighted by molar-refractivity contribution is 5.76. The molecular weight excluding hydrogens is 366 g/mol. The third-order valence-corrected chi connectivity index (χ3v) is 5.46. The molecule has 7 heteroatoms. The van der Waals surface area contributed by atoms with Gasteiger partial charge in [-0.2, -0.15) is 0 Å². The summed E-state index contributed by atoms with van der Waals surface area (Å²) in [6.45, 7) is 4.68. The standard InChI is InChI=1S/C22H27N5O2/c1-29-21-12-6-5-11-20(21)26-16-15-25(17-26)13-7-2-8-14-27-22(28)18-9-3-4-10-19(18)23-24-27/h3-6,9-12H,2,7-8,13-17H2,1H3. The van der Waals surface area contributed by atoms with E-state index in [1.54, 1.807) is 7.11 Å². The molecule has 2 aromatic carbocycles. The molecule has 1 aromatic heterocycles. The van der Waals surface area contributed by atoms with E-state index in [0.29, 0.717) is 17.4 Å². The molecule has 4 rings (SSSR count). The number of aromatic nitrogens is 3. The van der Waals surface area contributed by atoms with E-state index in [2.05, 4.69) is 32.2 Å². The minimum atomic E-state index is -0.0532. The minimum Gasteiger partial charge on any atom is -0.495 e. The van der Waals surface area contributed by atoms with E-state index >= 15 is 0 Å². The molecule has 2 heterocycles. The first kappa shape index (κ1) is 19.4. The predicted octanol–water partition coefficient (Wildman–Crippen LogP) is 2.75. The van der Waals surface area contributed by atoms with Crippen LogP contribution < -0.4 is 15.2 Å². The van der Waals surface area contributed by atoms with Crippen molar-refractivity contribution in [2.75, 3.05) is 38.3 Å². The minimum absolute atomic E-state index is 0.0532. The van der Waals surface area contributed by atoms with E-state index in [1.165, 1.54) is 4.68 Å². The molecule has 3 aromatic rings. The summed E-state index contributed by atoms with van der Waals surface area (Å²) in [6.07, 6.45) is 3.10. The number of rotatable bonds is 8. The van der Waals surface area contributed by atoms with Gasteiger partial charge in [0, 0.05) is 19.6 Å². The average molecular weight is 393 g/mol. The molecule has 152 valence electrons. The third-order valence-electron chi connectivity index (χ3n) is 5.46. The number of hydrogen-bond donors (Lipinski definition) is 0. The molecule has 0 aliphatic carbocycles. The lowest BCUT2D eigenvalue weighted by atomic mass is 10.2. The van der Waals surface area contributed by atoms with Gasteiger partial charge < -0.3 is 9.64 Å². The average Bonchev–Trinajstić information content (AvgIpc) is 3.24. The SMILES string of the molecule is COc1ccccc1N1CCN(CCCCCn2nnc3ccccc3c2=O)C1. The molecule has 0 atom stereocenters. The highest BCUT2D eigenvalue weighted by atomic mass is 16.5. The van der Waals surface area contributed by atoms with Crippen LogP contribution in [0, 0.1) is 0 Å². The van der Waals surface area contributed by atoms with Gasteiger partial charge in [0.2, 0.25) is 0 Å². The van der Waals surface area contributed by atoms with Crippen LogP contribution >= 0.6 is 0 Å². The first-order valence-electron chi connectivity index (χ1n) is 10.2. The molecule has 1 fully saturated rings. The van der Waals surface area contributed by atoms with Crippen LogP contribution in [0.25, 0.3) is 10.9 Å². The monoisotopic (exact) mass is 393 g/mol. The van der Waals surface area contributed by atoms with Gasteiger partial charge in [-0.25, -0.2) is 4.68 Å². The largest absolute Gasteiger partial charge is 0.495 e. The maximum Gasteiger partial charge on any atom is 0.277 e. The van der Waals surface area contributed by atoms with E-state index in [9.17, 15) is 4.79 Å². The molecule has 0 N–H and O–H groups in total. The van der Waals surface area contributed by atoms with E-state index in [4.69, 9.17) is 4.74 Å². The number of hydrogen-bond acceptors (Lipinski definition) is 6. The van der Waals surface area contributed by atoms with Gasteiger partial charge in [0.1, 0.15) is 11.3 Å². The molecule has 1 aliphatic rings. The quantitative estimate of drug-likeness (QED) is 0.549. The number of unbranched alkanes of at least 4 members (excludes halogenated alkanes) is 2. The fourth-order valence-corrected chi connectivity index (χ4v) is 3.86. The summed E-state index contributed by atoms with van der Waals surface area (Å²) in [4.78, 5) is 17.3. The van der Waals surface area contributed by atoms with E-state index in [-0.39, 0.29) is 5.56 Å². The first-order valence-corrected chi connectivity index (χ1v) is 10.2. The van der Waals surface area contributed by atoms with Gasteiger partial charge in [0.15, 0.2) is 0 Å². The van der Waals surface area contributed by atoms with Gasteiger partial charge in [-0.1, -0.05) is 35.9 Å². The maximum atomic E-state index is 12.5. The van der Waals surface area contributed by atoms with E-state index in [0.717, 1.165) is 57.0 Å². The van der Waals surface area contributed by atoms with E-state index < -0.39 is 0 Å². The van der Waals surface area contributed by atoms with Crippen molar-refractivity contribution in [3.63, 3.8) is 0 Å². The number of methoxy groups -OCH3 is 1. The van der Waals surface area contributed by atoms with Gasteiger partial charge in [0.25, 0.3) is 5.56 Å². The van der Waals surface area contributed by atoms with Crippen molar-refractivity contribution in [3.05, 3.63) is 58.9 Å². The second-order valence-corrected chi connectivity index (χ2v) is 7.39. The maximum absolute atomic E-state index is 12.5. The van der Waals surface area contributed by atoms with Gasteiger partial charge in [0.05, 0.1) is 24.9 Å². The molecule has 0 unspecified atom stereocenters. The zero-order valence-electron chi connectivity index (χ0n) is 16.8. The lowest BCUT2D eigenvalue weighted by Crippen LogP contribution is -2.26. The number of para-hydroxylation sites is 2. The molecule has 0 radical (unpaired) electrons. The van der Waals surface area contributed by atoms with Gasteiger partial charge >= 0.3 is 0 Å². The smallest absolute Gasteiger partial charge is 0.277 e. The number of benzene rings is 2. The Morgan fingerprint density at radius 3 is 2.66 bits per heavy atom. The molecule has 0 bridgehead atoms. The number of aryl methyl sites for hydroxylation is 1. The molecule has 0 saturated carbocycles. The normalized spacial score (nSPS) is 14.6. The molecular formula is C22H27N5O2. The Morgan fingerprint density at radius 1 is 0.966 bits per heavy atom. The number of nitrogens with zero attached hydrogens (tertiary/aromatic N) is 5. The summed E-state index contributed by atoms with van der Waals surface area (Å²) in [5.74, 6) is 0.927. The fourth-order valence-electron chi connectivity index (χ4n) is 3.86. The van der Waals surface area contributed by atoms with Crippen LogP contribution in [-0.2, 0) is 6.54 Å². The van der Waals surface area contributed by atoms with E-state index in [1.807, 2.05) is 36.4 Å². The Labute approximate surface area is 170 Å². The Balaban J connectivity index is 1.23. The van der Waals surface area contributed by atoms with Crippen molar-refractivity contribution in [2.45, 2.75) is 25.8 Å². The summed E-state index contributed by atoms with van der Waals surface area (Å²) in [5.41, 5.74) is 1.76. The van der Waals surface area contributed by atoms with Crippen LogP contribution in [-0.4, -0.2) is 53.3 Å². The number of fused-ring (bicyclic) bond motifs is 1. The Kier molecular flexibility index (Phi) is 6.05. The lowest BCUT2D eigenvalue weighted by Gasteiger charge is -2.21. The van der Waals surface area contributed by atoms with Gasteiger partial charge in [-0.05, 0) is 43.7 Å². The Bertz CT molecular complexity index is 1020. The van der Waals surface area contributed by atoms with Gasteiger partial charge in [-0.15, -0.1) is 5.10 Å². The second-order valence-electron chi connectivity index (χ2n) is 7.39. The fraction of sp³-hybridized carbons (Fsp3) is 0.409. The molecule has 7 nitrogen and oxygen atoms in total. The molecule has 0 amide bonds. The van der Waals surface area contributed by atoms with Crippen molar-refractivity contribution >= 4 is 16.6 Å². The Morgan fingerprint density at radius 2 is 1.76 bits per heavy atom. The summed E-state index contributed by atoms with van der Waals surface area (Å²) >= 11 is 0. The molecule has 1 saturated heterocycles. The number of anilines is 1. The zero-order chi connectivity index (χ0) is 20.1. The van der Waals surface area contributed by atoms with Crippen molar-refractivity contribution in [1.82, 2.24) is 19.9 Å². The van der Waals surface area contributed by atoms with Crippen LogP contribution in [0.5, 0.6) is 5.75 Å². The van der Waals surface area contributed by atoms with Gasteiger partial charge in [-0.3, -0.25) is 9.69 Å². The molecule has 0 spiro atoms. The van der Waals surface area contributed by atoms with Crippen molar-refractivity contribution < 1.29 is 4.74 Å². The van der Waals surface area contributed by atoms with Crippen molar-refractivity contribution in [2.24, 2.45) is 0 Å². The zero-order valence-corrected chi connectivity index (χ0v) is 16.8.